The van der Waals surface area contributed by atoms with Crippen LogP contribution in [0.2, 0.25) is 0 Å². The maximum absolute atomic E-state index is 5.56. The number of para-hydroxylation sites is 1. The van der Waals surface area contributed by atoms with Crippen molar-refractivity contribution >= 4 is 16.9 Å². The van der Waals surface area contributed by atoms with Crippen LogP contribution < -0.4 is 10.2 Å². The van der Waals surface area contributed by atoms with Gasteiger partial charge in [-0.2, -0.15) is 5.10 Å². The molecule has 2 aromatic heterocycles. The van der Waals surface area contributed by atoms with E-state index in [-0.39, 0.29) is 0 Å². The molecule has 2 saturated heterocycles. The van der Waals surface area contributed by atoms with E-state index in [0.717, 1.165) is 87.0 Å². The predicted octanol–water partition coefficient (Wildman–Crippen LogP) is 2.51. The number of ether oxygens (including phenoxy) is 1. The van der Waals surface area contributed by atoms with Crippen LogP contribution in [-0.4, -0.2) is 59.1 Å². The SMILES string of the molecule is c1ccc(-n2ncc3c(N4CCCNCC4)nc(C4CCOCC4)nc32)cc1. The number of nitrogens with zero attached hydrogens (tertiary/aromatic N) is 5. The van der Waals surface area contributed by atoms with Crippen LogP contribution in [0.25, 0.3) is 16.7 Å². The molecule has 2 aliphatic heterocycles. The summed E-state index contributed by atoms with van der Waals surface area (Å²) in [6, 6.07) is 10.2. The molecule has 0 radical (unpaired) electrons. The van der Waals surface area contributed by atoms with E-state index in [1.807, 2.05) is 29.1 Å². The molecule has 7 nitrogen and oxygen atoms in total. The summed E-state index contributed by atoms with van der Waals surface area (Å²) >= 11 is 0. The molecule has 1 aromatic carbocycles. The van der Waals surface area contributed by atoms with Gasteiger partial charge in [0, 0.05) is 38.8 Å². The van der Waals surface area contributed by atoms with Gasteiger partial charge in [-0.3, -0.25) is 0 Å². The zero-order valence-corrected chi connectivity index (χ0v) is 16.0. The molecule has 0 spiro atoms. The Kier molecular flexibility index (Phi) is 4.93. The standard InChI is InChI=1S/C21H26N6O/c1-2-5-17(6-3-1)27-21-18(15-23-27)20(26-11-4-9-22-10-12-26)24-19(25-21)16-7-13-28-14-8-16/h1-3,5-6,15-16,22H,4,7-14H2. The van der Waals surface area contributed by atoms with Crippen LogP contribution >= 0.6 is 0 Å². The van der Waals surface area contributed by atoms with E-state index < -0.39 is 0 Å². The lowest BCUT2D eigenvalue weighted by atomic mass is 9.99. The normalized spacial score (nSPS) is 19.1. The third-order valence-corrected chi connectivity index (χ3v) is 5.65. The van der Waals surface area contributed by atoms with Gasteiger partial charge in [0.1, 0.15) is 11.6 Å². The third kappa shape index (κ3) is 3.36. The van der Waals surface area contributed by atoms with Gasteiger partial charge in [-0.25, -0.2) is 14.6 Å². The van der Waals surface area contributed by atoms with Crippen LogP contribution in [-0.2, 0) is 4.74 Å². The average molecular weight is 378 g/mol. The van der Waals surface area contributed by atoms with E-state index in [0.29, 0.717) is 5.92 Å². The van der Waals surface area contributed by atoms with Gasteiger partial charge >= 0.3 is 0 Å². The monoisotopic (exact) mass is 378 g/mol. The molecule has 0 amide bonds. The van der Waals surface area contributed by atoms with E-state index in [1.54, 1.807) is 0 Å². The topological polar surface area (TPSA) is 68.1 Å². The second kappa shape index (κ2) is 7.85. The Morgan fingerprint density at radius 2 is 1.86 bits per heavy atom. The first kappa shape index (κ1) is 17.6. The molecule has 0 atom stereocenters. The smallest absolute Gasteiger partial charge is 0.168 e. The predicted molar refractivity (Wildman–Crippen MR) is 109 cm³/mol. The molecular weight excluding hydrogens is 352 g/mol. The minimum atomic E-state index is 0.348. The number of benzene rings is 1. The summed E-state index contributed by atoms with van der Waals surface area (Å²) in [6.07, 6.45) is 4.99. The number of hydrogen-bond acceptors (Lipinski definition) is 6. The number of hydrogen-bond donors (Lipinski definition) is 1. The first-order valence-corrected chi connectivity index (χ1v) is 10.2. The van der Waals surface area contributed by atoms with Gasteiger partial charge in [-0.1, -0.05) is 18.2 Å². The van der Waals surface area contributed by atoms with Crippen molar-refractivity contribution in [3.05, 3.63) is 42.4 Å². The molecule has 146 valence electrons. The first-order chi connectivity index (χ1) is 13.9. The fourth-order valence-electron chi connectivity index (χ4n) is 4.10. The Hall–Kier alpha value is -2.51. The molecule has 4 heterocycles. The maximum Gasteiger partial charge on any atom is 0.168 e. The summed E-state index contributed by atoms with van der Waals surface area (Å²) in [5.74, 6) is 2.30. The van der Waals surface area contributed by atoms with Crippen molar-refractivity contribution in [1.29, 1.82) is 0 Å². The van der Waals surface area contributed by atoms with E-state index >= 15 is 0 Å². The zero-order valence-electron chi connectivity index (χ0n) is 16.0. The van der Waals surface area contributed by atoms with Crippen molar-refractivity contribution < 1.29 is 4.74 Å². The Balaban J connectivity index is 1.65. The molecule has 2 aliphatic rings. The largest absolute Gasteiger partial charge is 0.381 e. The molecule has 0 unspecified atom stereocenters. The van der Waals surface area contributed by atoms with Gasteiger partial charge in [0.2, 0.25) is 0 Å². The lowest BCUT2D eigenvalue weighted by molar-refractivity contribution is 0.0836. The van der Waals surface area contributed by atoms with Crippen molar-refractivity contribution in [1.82, 2.24) is 25.1 Å². The summed E-state index contributed by atoms with van der Waals surface area (Å²) in [7, 11) is 0. The third-order valence-electron chi connectivity index (χ3n) is 5.65. The van der Waals surface area contributed by atoms with E-state index in [9.17, 15) is 0 Å². The number of fused-ring (bicyclic) bond motifs is 1. The van der Waals surface area contributed by atoms with Crippen molar-refractivity contribution in [2.75, 3.05) is 44.3 Å². The maximum atomic E-state index is 5.56. The van der Waals surface area contributed by atoms with Gasteiger partial charge < -0.3 is 15.0 Å². The molecule has 2 fully saturated rings. The molecule has 7 heteroatoms. The van der Waals surface area contributed by atoms with Gasteiger partial charge in [0.05, 0.1) is 17.3 Å². The molecule has 3 aromatic rings. The molecule has 1 N–H and O–H groups in total. The van der Waals surface area contributed by atoms with Gasteiger partial charge in [-0.05, 0) is 37.9 Å². The van der Waals surface area contributed by atoms with Crippen LogP contribution in [0, 0.1) is 0 Å². The Labute approximate surface area is 164 Å². The van der Waals surface area contributed by atoms with Crippen LogP contribution in [0.4, 0.5) is 5.82 Å². The highest BCUT2D eigenvalue weighted by molar-refractivity contribution is 5.88. The number of aromatic nitrogens is 4. The number of rotatable bonds is 3. The van der Waals surface area contributed by atoms with Crippen LogP contribution in [0.15, 0.2) is 36.5 Å². The summed E-state index contributed by atoms with van der Waals surface area (Å²) in [4.78, 5) is 12.5. The quantitative estimate of drug-likeness (QED) is 0.755. The molecule has 5 rings (SSSR count). The lowest BCUT2D eigenvalue weighted by Crippen LogP contribution is -2.29. The van der Waals surface area contributed by atoms with Crippen molar-refractivity contribution in [2.45, 2.75) is 25.2 Å². The summed E-state index contributed by atoms with van der Waals surface area (Å²) in [5, 5.41) is 9.19. The molecular formula is C21H26N6O. The first-order valence-electron chi connectivity index (χ1n) is 10.2. The lowest BCUT2D eigenvalue weighted by Gasteiger charge is -2.25. The highest BCUT2D eigenvalue weighted by Crippen LogP contribution is 2.31. The van der Waals surface area contributed by atoms with Gasteiger partial charge in [-0.15, -0.1) is 0 Å². The average Bonchev–Trinajstić information content (AvgIpc) is 3.00. The Morgan fingerprint density at radius 3 is 2.71 bits per heavy atom. The summed E-state index contributed by atoms with van der Waals surface area (Å²) in [6.45, 7) is 5.56. The second-order valence-electron chi connectivity index (χ2n) is 7.51. The van der Waals surface area contributed by atoms with E-state index in [1.165, 1.54) is 0 Å². The van der Waals surface area contributed by atoms with Crippen LogP contribution in [0.3, 0.4) is 0 Å². The molecule has 0 saturated carbocycles. The van der Waals surface area contributed by atoms with E-state index in [2.05, 4.69) is 27.4 Å². The van der Waals surface area contributed by atoms with Gasteiger partial charge in [0.15, 0.2) is 5.65 Å². The molecule has 0 aliphatic carbocycles. The highest BCUT2D eigenvalue weighted by atomic mass is 16.5. The number of nitrogens with one attached hydrogen (secondary N) is 1. The fourth-order valence-corrected chi connectivity index (χ4v) is 4.10. The van der Waals surface area contributed by atoms with Crippen molar-refractivity contribution in [2.24, 2.45) is 0 Å². The van der Waals surface area contributed by atoms with E-state index in [4.69, 9.17) is 14.7 Å². The van der Waals surface area contributed by atoms with Crippen LogP contribution in [0.5, 0.6) is 0 Å². The highest BCUT2D eigenvalue weighted by Gasteiger charge is 2.24. The second-order valence-corrected chi connectivity index (χ2v) is 7.51. The molecule has 28 heavy (non-hydrogen) atoms. The van der Waals surface area contributed by atoms with Crippen molar-refractivity contribution in [3.8, 4) is 5.69 Å². The zero-order chi connectivity index (χ0) is 18.8. The summed E-state index contributed by atoms with van der Waals surface area (Å²) < 4.78 is 7.50. The van der Waals surface area contributed by atoms with Crippen LogP contribution in [0.1, 0.15) is 31.0 Å². The fraction of sp³-hybridized carbons (Fsp3) is 0.476. The van der Waals surface area contributed by atoms with Gasteiger partial charge in [0.25, 0.3) is 0 Å². The minimum absolute atomic E-state index is 0.348. The Bertz CT molecular complexity index is 927. The van der Waals surface area contributed by atoms with Crippen molar-refractivity contribution in [3.63, 3.8) is 0 Å². The summed E-state index contributed by atoms with van der Waals surface area (Å²) in [5.41, 5.74) is 1.92. The number of anilines is 1. The Morgan fingerprint density at radius 1 is 1.00 bits per heavy atom. The minimum Gasteiger partial charge on any atom is -0.381 e. The molecule has 0 bridgehead atoms.